The standard InChI is InChI=1S/C19H34N2O3/c1-14(22)11-19(2,3)13-20-18(24)15-10-17(23)21(12-15)16-8-6-4-5-7-9-16/h14-16,22H,4-13H2,1-3H3,(H,20,24). The van der Waals surface area contributed by atoms with Crippen LogP contribution in [-0.2, 0) is 9.59 Å². The van der Waals surface area contributed by atoms with Crippen LogP contribution in [0.2, 0.25) is 0 Å². The Morgan fingerprint density at radius 2 is 1.92 bits per heavy atom. The summed E-state index contributed by atoms with van der Waals surface area (Å²) in [5.41, 5.74) is -0.145. The number of hydrogen-bond donors (Lipinski definition) is 2. The number of nitrogens with one attached hydrogen (secondary N) is 1. The first-order valence-corrected chi connectivity index (χ1v) is 9.54. The van der Waals surface area contributed by atoms with Crippen LogP contribution >= 0.6 is 0 Å². The molecule has 0 aromatic heterocycles. The highest BCUT2D eigenvalue weighted by Crippen LogP contribution is 2.28. The molecule has 1 saturated heterocycles. The third-order valence-electron chi connectivity index (χ3n) is 5.38. The van der Waals surface area contributed by atoms with Crippen molar-refractivity contribution in [2.75, 3.05) is 13.1 Å². The van der Waals surface area contributed by atoms with Gasteiger partial charge in [0.05, 0.1) is 12.0 Å². The fraction of sp³-hybridized carbons (Fsp3) is 0.895. The molecular formula is C19H34N2O3. The van der Waals surface area contributed by atoms with Crippen LogP contribution in [0.15, 0.2) is 0 Å². The molecule has 2 aliphatic rings. The van der Waals surface area contributed by atoms with E-state index in [9.17, 15) is 14.7 Å². The lowest BCUT2D eigenvalue weighted by atomic mass is 9.87. The molecular weight excluding hydrogens is 304 g/mol. The van der Waals surface area contributed by atoms with Gasteiger partial charge in [-0.25, -0.2) is 0 Å². The van der Waals surface area contributed by atoms with Crippen LogP contribution in [0.3, 0.4) is 0 Å². The molecule has 1 aliphatic heterocycles. The van der Waals surface area contributed by atoms with Crippen LogP contribution in [-0.4, -0.2) is 47.1 Å². The zero-order valence-corrected chi connectivity index (χ0v) is 15.5. The average molecular weight is 338 g/mol. The number of aliphatic hydroxyl groups is 1. The predicted molar refractivity (Wildman–Crippen MR) is 94.4 cm³/mol. The van der Waals surface area contributed by atoms with Gasteiger partial charge in [-0.2, -0.15) is 0 Å². The quantitative estimate of drug-likeness (QED) is 0.731. The molecule has 2 fully saturated rings. The molecule has 24 heavy (non-hydrogen) atoms. The maximum atomic E-state index is 12.5. The summed E-state index contributed by atoms with van der Waals surface area (Å²) in [5, 5.41) is 12.5. The third-order valence-corrected chi connectivity index (χ3v) is 5.38. The lowest BCUT2D eigenvalue weighted by Crippen LogP contribution is -2.41. The smallest absolute Gasteiger partial charge is 0.225 e. The van der Waals surface area contributed by atoms with Crippen molar-refractivity contribution in [3.8, 4) is 0 Å². The molecule has 5 heteroatoms. The fourth-order valence-corrected chi connectivity index (χ4v) is 4.17. The molecule has 2 unspecified atom stereocenters. The average Bonchev–Trinajstić information content (AvgIpc) is 2.71. The van der Waals surface area contributed by atoms with Gasteiger partial charge < -0.3 is 15.3 Å². The van der Waals surface area contributed by atoms with Crippen molar-refractivity contribution in [3.63, 3.8) is 0 Å². The molecule has 0 bridgehead atoms. The first kappa shape index (κ1) is 19.2. The van der Waals surface area contributed by atoms with Gasteiger partial charge in [0.25, 0.3) is 0 Å². The maximum absolute atomic E-state index is 12.5. The number of hydrogen-bond acceptors (Lipinski definition) is 3. The summed E-state index contributed by atoms with van der Waals surface area (Å²) in [5.74, 6) is -0.0912. The van der Waals surface area contributed by atoms with Gasteiger partial charge in [0.1, 0.15) is 0 Å². The fourth-order valence-electron chi connectivity index (χ4n) is 4.17. The van der Waals surface area contributed by atoms with Crippen LogP contribution in [0.5, 0.6) is 0 Å². The van der Waals surface area contributed by atoms with Crippen molar-refractivity contribution >= 4 is 11.8 Å². The predicted octanol–water partition coefficient (Wildman–Crippen LogP) is 2.47. The minimum Gasteiger partial charge on any atom is -0.393 e. The summed E-state index contributed by atoms with van der Waals surface area (Å²) in [4.78, 5) is 26.8. The third kappa shape index (κ3) is 5.47. The summed E-state index contributed by atoms with van der Waals surface area (Å²) >= 11 is 0. The van der Waals surface area contributed by atoms with E-state index in [1.807, 2.05) is 18.7 Å². The molecule has 2 rings (SSSR count). The molecule has 2 amide bonds. The molecule has 1 saturated carbocycles. The molecule has 2 N–H and O–H groups in total. The van der Waals surface area contributed by atoms with Gasteiger partial charge in [0, 0.05) is 25.6 Å². The van der Waals surface area contributed by atoms with E-state index in [0.29, 0.717) is 32.0 Å². The molecule has 1 heterocycles. The Hall–Kier alpha value is -1.10. The number of nitrogens with zero attached hydrogens (tertiary/aromatic N) is 1. The second-order valence-corrected chi connectivity index (χ2v) is 8.53. The highest BCUT2D eigenvalue weighted by molar-refractivity contribution is 5.89. The van der Waals surface area contributed by atoms with E-state index in [-0.39, 0.29) is 29.3 Å². The molecule has 0 radical (unpaired) electrons. The molecule has 138 valence electrons. The number of carbonyl (C=O) groups excluding carboxylic acids is 2. The molecule has 1 aliphatic carbocycles. The summed E-state index contributed by atoms with van der Waals surface area (Å²) < 4.78 is 0. The zero-order valence-electron chi connectivity index (χ0n) is 15.5. The number of rotatable bonds is 6. The van der Waals surface area contributed by atoms with E-state index in [4.69, 9.17) is 0 Å². The van der Waals surface area contributed by atoms with Crippen molar-refractivity contribution in [1.29, 1.82) is 0 Å². The monoisotopic (exact) mass is 338 g/mol. The van der Waals surface area contributed by atoms with E-state index in [2.05, 4.69) is 5.32 Å². The van der Waals surface area contributed by atoms with E-state index >= 15 is 0 Å². The van der Waals surface area contributed by atoms with Gasteiger partial charge in [-0.15, -0.1) is 0 Å². The Labute approximate surface area is 146 Å². The molecule has 5 nitrogen and oxygen atoms in total. The number of aliphatic hydroxyl groups excluding tert-OH is 1. The largest absolute Gasteiger partial charge is 0.393 e. The SMILES string of the molecule is CC(O)CC(C)(C)CNC(=O)C1CC(=O)N(C2CCCCCC2)C1. The van der Waals surface area contributed by atoms with Gasteiger partial charge in [0.2, 0.25) is 11.8 Å². The lowest BCUT2D eigenvalue weighted by Gasteiger charge is -2.28. The summed E-state index contributed by atoms with van der Waals surface area (Å²) in [6, 6.07) is 0.337. The van der Waals surface area contributed by atoms with Gasteiger partial charge in [0.15, 0.2) is 0 Å². The summed E-state index contributed by atoms with van der Waals surface area (Å²) in [6.45, 7) is 6.95. The Balaban J connectivity index is 1.84. The molecule has 0 aromatic rings. The van der Waals surface area contributed by atoms with Gasteiger partial charge in [-0.1, -0.05) is 39.5 Å². The number of likely N-dealkylation sites (tertiary alicyclic amines) is 1. The normalized spacial score (nSPS) is 24.8. The zero-order chi connectivity index (χ0) is 17.7. The van der Waals surface area contributed by atoms with Crippen molar-refractivity contribution in [2.45, 2.75) is 84.3 Å². The minimum atomic E-state index is -0.379. The van der Waals surface area contributed by atoms with Crippen molar-refractivity contribution in [2.24, 2.45) is 11.3 Å². The first-order chi connectivity index (χ1) is 11.3. The number of carbonyl (C=O) groups is 2. The molecule has 2 atom stereocenters. The number of amides is 2. The van der Waals surface area contributed by atoms with Gasteiger partial charge in [-0.05, 0) is 31.6 Å². The van der Waals surface area contributed by atoms with Crippen molar-refractivity contribution in [1.82, 2.24) is 10.2 Å². The summed E-state index contributed by atoms with van der Waals surface area (Å²) in [6.07, 6.45) is 7.70. The second-order valence-electron chi connectivity index (χ2n) is 8.53. The van der Waals surface area contributed by atoms with Crippen LogP contribution in [0.4, 0.5) is 0 Å². The molecule has 0 aromatic carbocycles. The first-order valence-electron chi connectivity index (χ1n) is 9.54. The van der Waals surface area contributed by atoms with E-state index in [1.165, 1.54) is 25.7 Å². The molecule has 0 spiro atoms. The van der Waals surface area contributed by atoms with Crippen molar-refractivity contribution in [3.05, 3.63) is 0 Å². The second kappa shape index (κ2) is 8.32. The van der Waals surface area contributed by atoms with Crippen LogP contribution in [0, 0.1) is 11.3 Å². The Morgan fingerprint density at radius 3 is 2.50 bits per heavy atom. The lowest BCUT2D eigenvalue weighted by molar-refractivity contribution is -0.130. The Bertz CT molecular complexity index is 440. The Kier molecular flexibility index (Phi) is 6.67. The van der Waals surface area contributed by atoms with E-state index in [0.717, 1.165) is 12.8 Å². The van der Waals surface area contributed by atoms with Crippen LogP contribution < -0.4 is 5.32 Å². The summed E-state index contributed by atoms with van der Waals surface area (Å²) in [7, 11) is 0. The van der Waals surface area contributed by atoms with E-state index in [1.54, 1.807) is 6.92 Å². The topological polar surface area (TPSA) is 69.6 Å². The van der Waals surface area contributed by atoms with Gasteiger partial charge in [-0.3, -0.25) is 9.59 Å². The van der Waals surface area contributed by atoms with Crippen molar-refractivity contribution < 1.29 is 14.7 Å². The maximum Gasteiger partial charge on any atom is 0.225 e. The van der Waals surface area contributed by atoms with Gasteiger partial charge >= 0.3 is 0 Å². The highest BCUT2D eigenvalue weighted by atomic mass is 16.3. The van der Waals surface area contributed by atoms with Crippen LogP contribution in [0.1, 0.15) is 72.1 Å². The Morgan fingerprint density at radius 1 is 1.29 bits per heavy atom. The van der Waals surface area contributed by atoms with E-state index < -0.39 is 0 Å². The minimum absolute atomic E-state index is 0.0156. The van der Waals surface area contributed by atoms with Crippen LogP contribution in [0.25, 0.3) is 0 Å². The highest BCUT2D eigenvalue weighted by Gasteiger charge is 2.38.